The summed E-state index contributed by atoms with van der Waals surface area (Å²) in [6.07, 6.45) is 4.26. The van der Waals surface area contributed by atoms with Crippen molar-refractivity contribution < 1.29 is 8.42 Å². The predicted molar refractivity (Wildman–Crippen MR) is 79.6 cm³/mol. The third kappa shape index (κ3) is 3.40. The van der Waals surface area contributed by atoms with Gasteiger partial charge in [-0.15, -0.1) is 0 Å². The minimum Gasteiger partial charge on any atom is -0.329 e. The lowest BCUT2D eigenvalue weighted by atomic mass is 9.88. The molecule has 1 heterocycles. The Kier molecular flexibility index (Phi) is 5.96. The van der Waals surface area contributed by atoms with Gasteiger partial charge in [-0.2, -0.15) is 11.8 Å². The second-order valence-electron chi connectivity index (χ2n) is 5.08. The SMILES string of the molecule is CCCC(CC)(CN)N1CCSCC1S(C)(=O)=O. The third-order valence-electron chi connectivity index (χ3n) is 3.94. The highest BCUT2D eigenvalue weighted by molar-refractivity contribution is 8.00. The molecule has 0 aliphatic carbocycles. The summed E-state index contributed by atoms with van der Waals surface area (Å²) in [5.74, 6) is 1.67. The van der Waals surface area contributed by atoms with Crippen molar-refractivity contribution in [3.8, 4) is 0 Å². The van der Waals surface area contributed by atoms with E-state index in [0.29, 0.717) is 12.3 Å². The van der Waals surface area contributed by atoms with Crippen molar-refractivity contribution in [3.63, 3.8) is 0 Å². The van der Waals surface area contributed by atoms with Crippen LogP contribution in [0.3, 0.4) is 0 Å². The molecule has 6 heteroatoms. The number of nitrogens with two attached hydrogens (primary N) is 1. The fourth-order valence-corrected chi connectivity index (χ4v) is 5.77. The van der Waals surface area contributed by atoms with Crippen LogP contribution >= 0.6 is 11.8 Å². The van der Waals surface area contributed by atoms with Crippen molar-refractivity contribution >= 4 is 21.6 Å². The van der Waals surface area contributed by atoms with Gasteiger partial charge in [0.2, 0.25) is 0 Å². The van der Waals surface area contributed by atoms with Crippen LogP contribution in [0.4, 0.5) is 0 Å². The average Bonchev–Trinajstić information content (AvgIpc) is 2.35. The molecule has 1 aliphatic rings. The maximum absolute atomic E-state index is 12.0. The van der Waals surface area contributed by atoms with E-state index in [1.165, 1.54) is 6.26 Å². The van der Waals surface area contributed by atoms with Gasteiger partial charge in [0.05, 0.1) is 0 Å². The Balaban J connectivity index is 3.06. The van der Waals surface area contributed by atoms with Crippen molar-refractivity contribution in [1.82, 2.24) is 4.90 Å². The Morgan fingerprint density at radius 2 is 2.11 bits per heavy atom. The lowest BCUT2D eigenvalue weighted by Gasteiger charge is -2.48. The van der Waals surface area contributed by atoms with Gasteiger partial charge in [0.25, 0.3) is 0 Å². The van der Waals surface area contributed by atoms with Gasteiger partial charge in [-0.3, -0.25) is 4.90 Å². The standard InChI is InChI=1S/C12H26N2O2S2/c1-4-6-12(5-2,10-13)14-7-8-17-9-11(14)18(3,15)16/h11H,4-10,13H2,1-3H3. The molecule has 1 rings (SSSR count). The van der Waals surface area contributed by atoms with Crippen LogP contribution in [-0.4, -0.2) is 55.1 Å². The lowest BCUT2D eigenvalue weighted by Crippen LogP contribution is -2.62. The molecule has 0 aromatic rings. The summed E-state index contributed by atoms with van der Waals surface area (Å²) >= 11 is 1.73. The van der Waals surface area contributed by atoms with E-state index in [2.05, 4.69) is 18.7 Å². The summed E-state index contributed by atoms with van der Waals surface area (Å²) in [6, 6.07) is 0. The van der Waals surface area contributed by atoms with Crippen molar-refractivity contribution in [1.29, 1.82) is 0 Å². The molecule has 0 bridgehead atoms. The van der Waals surface area contributed by atoms with E-state index in [9.17, 15) is 8.42 Å². The summed E-state index contributed by atoms with van der Waals surface area (Å²) in [4.78, 5) is 2.17. The van der Waals surface area contributed by atoms with Gasteiger partial charge < -0.3 is 5.73 Å². The van der Waals surface area contributed by atoms with E-state index >= 15 is 0 Å². The van der Waals surface area contributed by atoms with Crippen molar-refractivity contribution in [2.75, 3.05) is 30.9 Å². The molecule has 0 aromatic carbocycles. The first-order chi connectivity index (χ1) is 8.41. The van der Waals surface area contributed by atoms with Crippen molar-refractivity contribution in [2.45, 2.75) is 44.0 Å². The Morgan fingerprint density at radius 3 is 2.56 bits per heavy atom. The summed E-state index contributed by atoms with van der Waals surface area (Å²) in [5, 5.41) is -0.369. The van der Waals surface area contributed by atoms with Crippen molar-refractivity contribution in [3.05, 3.63) is 0 Å². The average molecular weight is 294 g/mol. The number of rotatable bonds is 6. The van der Waals surface area contributed by atoms with Gasteiger partial charge in [0, 0.05) is 36.4 Å². The summed E-state index contributed by atoms with van der Waals surface area (Å²) < 4.78 is 24.0. The van der Waals surface area contributed by atoms with Gasteiger partial charge in [-0.05, 0) is 12.8 Å². The van der Waals surface area contributed by atoms with Crippen LogP contribution in [0.15, 0.2) is 0 Å². The van der Waals surface area contributed by atoms with E-state index in [1.807, 2.05) is 0 Å². The topological polar surface area (TPSA) is 63.4 Å². The largest absolute Gasteiger partial charge is 0.329 e. The Bertz CT molecular complexity index is 353. The highest BCUT2D eigenvalue weighted by Crippen LogP contribution is 2.32. The van der Waals surface area contributed by atoms with E-state index in [4.69, 9.17) is 5.73 Å². The molecule has 0 aromatic heterocycles. The molecule has 0 spiro atoms. The molecule has 18 heavy (non-hydrogen) atoms. The van der Waals surface area contributed by atoms with Crippen LogP contribution in [0.2, 0.25) is 0 Å². The zero-order valence-corrected chi connectivity index (χ0v) is 13.3. The lowest BCUT2D eigenvalue weighted by molar-refractivity contribution is 0.0756. The number of thioether (sulfide) groups is 1. The molecule has 0 radical (unpaired) electrons. The first-order valence-corrected chi connectivity index (χ1v) is 9.75. The number of nitrogens with zero attached hydrogens (tertiary/aromatic N) is 1. The number of sulfone groups is 1. The second-order valence-corrected chi connectivity index (χ2v) is 8.44. The first-order valence-electron chi connectivity index (χ1n) is 6.64. The fourth-order valence-electron chi connectivity index (χ4n) is 2.83. The van der Waals surface area contributed by atoms with Crippen molar-refractivity contribution in [2.24, 2.45) is 5.73 Å². The van der Waals surface area contributed by atoms with Crippen LogP contribution in [0, 0.1) is 0 Å². The molecule has 0 saturated carbocycles. The van der Waals surface area contributed by atoms with Crippen LogP contribution in [-0.2, 0) is 9.84 Å². The van der Waals surface area contributed by atoms with Gasteiger partial charge >= 0.3 is 0 Å². The highest BCUT2D eigenvalue weighted by atomic mass is 32.2. The minimum absolute atomic E-state index is 0.149. The first kappa shape index (κ1) is 16.3. The maximum atomic E-state index is 12.0. The number of hydrogen-bond acceptors (Lipinski definition) is 5. The van der Waals surface area contributed by atoms with E-state index < -0.39 is 9.84 Å². The van der Waals surface area contributed by atoms with E-state index in [1.54, 1.807) is 11.8 Å². The number of hydrogen-bond donors (Lipinski definition) is 1. The summed E-state index contributed by atoms with van der Waals surface area (Å²) in [7, 11) is -3.05. The van der Waals surface area contributed by atoms with Crippen LogP contribution in [0.1, 0.15) is 33.1 Å². The molecule has 1 aliphatic heterocycles. The molecule has 108 valence electrons. The Morgan fingerprint density at radius 1 is 1.44 bits per heavy atom. The van der Waals surface area contributed by atoms with E-state index in [-0.39, 0.29) is 10.9 Å². The maximum Gasteiger partial charge on any atom is 0.164 e. The molecule has 4 nitrogen and oxygen atoms in total. The molecule has 1 saturated heterocycles. The Labute approximate surface area is 116 Å². The normalized spacial score (nSPS) is 25.9. The predicted octanol–water partition coefficient (Wildman–Crippen LogP) is 1.31. The van der Waals surface area contributed by atoms with Gasteiger partial charge in [0.1, 0.15) is 5.37 Å². The van der Waals surface area contributed by atoms with Crippen LogP contribution in [0.25, 0.3) is 0 Å². The zero-order chi connectivity index (χ0) is 13.8. The van der Waals surface area contributed by atoms with Crippen LogP contribution in [0.5, 0.6) is 0 Å². The van der Waals surface area contributed by atoms with E-state index in [0.717, 1.165) is 31.6 Å². The van der Waals surface area contributed by atoms with Gasteiger partial charge in [0.15, 0.2) is 9.84 Å². The fraction of sp³-hybridized carbons (Fsp3) is 1.00. The quantitative estimate of drug-likeness (QED) is 0.800. The third-order valence-corrected chi connectivity index (χ3v) is 6.58. The smallest absolute Gasteiger partial charge is 0.164 e. The highest BCUT2D eigenvalue weighted by Gasteiger charge is 2.42. The molecule has 0 amide bonds. The monoisotopic (exact) mass is 294 g/mol. The van der Waals surface area contributed by atoms with Gasteiger partial charge in [-0.1, -0.05) is 20.3 Å². The molecule has 2 atom stereocenters. The minimum atomic E-state index is -3.05. The molecule has 2 unspecified atom stereocenters. The second kappa shape index (κ2) is 6.59. The van der Waals surface area contributed by atoms with Crippen LogP contribution < -0.4 is 5.73 Å². The molecular formula is C12H26N2O2S2. The molecule has 1 fully saturated rings. The zero-order valence-electron chi connectivity index (χ0n) is 11.7. The summed E-state index contributed by atoms with van der Waals surface area (Å²) in [5.41, 5.74) is 5.85. The Hall–Kier alpha value is 0.220. The molecular weight excluding hydrogens is 268 g/mol. The summed E-state index contributed by atoms with van der Waals surface area (Å²) in [6.45, 7) is 5.61. The molecule has 2 N–H and O–H groups in total. The van der Waals surface area contributed by atoms with Gasteiger partial charge in [-0.25, -0.2) is 8.42 Å².